The Morgan fingerprint density at radius 1 is 1.23 bits per heavy atom. The second-order valence-corrected chi connectivity index (χ2v) is 7.31. The van der Waals surface area contributed by atoms with Crippen LogP contribution < -0.4 is 10.6 Å². The van der Waals surface area contributed by atoms with Crippen molar-refractivity contribution >= 4 is 29.9 Å². The first-order valence-electron chi connectivity index (χ1n) is 9.94. The van der Waals surface area contributed by atoms with Gasteiger partial charge in [0.1, 0.15) is 0 Å². The highest BCUT2D eigenvalue weighted by atomic mass is 127. The summed E-state index contributed by atoms with van der Waals surface area (Å²) in [5.41, 5.74) is 1.40. The molecule has 1 unspecified atom stereocenters. The minimum absolute atomic E-state index is 0. The van der Waals surface area contributed by atoms with Crippen LogP contribution in [0.1, 0.15) is 45.1 Å². The van der Waals surface area contributed by atoms with Crippen LogP contribution in [0, 0.1) is 5.92 Å². The fourth-order valence-corrected chi connectivity index (χ4v) is 3.50. The average Bonchev–Trinajstić information content (AvgIpc) is 2.65. The predicted octanol–water partition coefficient (Wildman–Crippen LogP) is 3.91. The molecule has 1 heterocycles. The molecule has 0 aromatic heterocycles. The fraction of sp³-hybridized carbons (Fsp3) is 0.667. The van der Waals surface area contributed by atoms with Gasteiger partial charge in [0.15, 0.2) is 5.96 Å². The molecule has 1 atom stereocenters. The molecule has 0 amide bonds. The molecule has 0 bridgehead atoms. The Labute approximate surface area is 177 Å². The summed E-state index contributed by atoms with van der Waals surface area (Å²) in [6.45, 7) is 9.29. The molecule has 1 saturated heterocycles. The van der Waals surface area contributed by atoms with Gasteiger partial charge >= 0.3 is 0 Å². The van der Waals surface area contributed by atoms with Gasteiger partial charge in [0.05, 0.1) is 0 Å². The lowest BCUT2D eigenvalue weighted by Gasteiger charge is -2.32. The molecular formula is C21H37IN4. The van der Waals surface area contributed by atoms with E-state index >= 15 is 0 Å². The summed E-state index contributed by atoms with van der Waals surface area (Å²) in [4.78, 5) is 6.99. The number of aliphatic imine (C=N–C) groups is 1. The number of benzene rings is 1. The molecule has 2 N–H and O–H groups in total. The zero-order chi connectivity index (χ0) is 17.9. The van der Waals surface area contributed by atoms with Crippen molar-refractivity contribution in [2.24, 2.45) is 10.9 Å². The van der Waals surface area contributed by atoms with Crippen molar-refractivity contribution in [3.63, 3.8) is 0 Å². The van der Waals surface area contributed by atoms with Gasteiger partial charge in [-0.1, -0.05) is 37.3 Å². The van der Waals surface area contributed by atoms with Gasteiger partial charge < -0.3 is 15.5 Å². The summed E-state index contributed by atoms with van der Waals surface area (Å²) in [5, 5.41) is 7.07. The number of piperidine rings is 1. The van der Waals surface area contributed by atoms with Crippen molar-refractivity contribution in [3.05, 3.63) is 35.9 Å². The van der Waals surface area contributed by atoms with Crippen LogP contribution in [0.25, 0.3) is 0 Å². The second-order valence-electron chi connectivity index (χ2n) is 7.31. The quantitative estimate of drug-likeness (QED) is 0.343. The van der Waals surface area contributed by atoms with E-state index in [4.69, 9.17) is 0 Å². The molecule has 1 aliphatic rings. The molecule has 1 fully saturated rings. The third-order valence-corrected chi connectivity index (χ3v) is 5.12. The molecule has 0 radical (unpaired) electrons. The van der Waals surface area contributed by atoms with E-state index in [1.807, 2.05) is 7.05 Å². The zero-order valence-corrected chi connectivity index (χ0v) is 19.0. The van der Waals surface area contributed by atoms with E-state index in [-0.39, 0.29) is 24.0 Å². The predicted molar refractivity (Wildman–Crippen MR) is 124 cm³/mol. The Balaban J connectivity index is 0.00000338. The molecule has 26 heavy (non-hydrogen) atoms. The molecule has 1 aromatic rings. The van der Waals surface area contributed by atoms with Crippen LogP contribution in [-0.4, -0.2) is 50.1 Å². The van der Waals surface area contributed by atoms with E-state index in [9.17, 15) is 0 Å². The van der Waals surface area contributed by atoms with Crippen molar-refractivity contribution < 1.29 is 0 Å². The van der Waals surface area contributed by atoms with Crippen molar-refractivity contribution in [1.82, 2.24) is 15.5 Å². The number of hydrogen-bond acceptors (Lipinski definition) is 2. The highest BCUT2D eigenvalue weighted by Gasteiger charge is 2.18. The van der Waals surface area contributed by atoms with Crippen LogP contribution in [0.15, 0.2) is 35.3 Å². The van der Waals surface area contributed by atoms with E-state index in [0.717, 1.165) is 31.3 Å². The standard InChI is InChI=1S/C21H36N4.HI/c1-4-14-25-15-12-20(13-16-25)17-23-21(22-3)24-18(2)10-11-19-8-6-5-7-9-19;/h5-9,18,20H,4,10-17H2,1-3H3,(H2,22,23,24);1H. The van der Waals surface area contributed by atoms with Gasteiger partial charge in [-0.05, 0) is 70.1 Å². The van der Waals surface area contributed by atoms with Gasteiger partial charge in [-0.25, -0.2) is 0 Å². The number of rotatable bonds is 8. The lowest BCUT2D eigenvalue weighted by atomic mass is 9.97. The van der Waals surface area contributed by atoms with Crippen LogP contribution in [-0.2, 0) is 6.42 Å². The number of guanidine groups is 1. The Morgan fingerprint density at radius 3 is 2.54 bits per heavy atom. The van der Waals surface area contributed by atoms with Gasteiger partial charge in [0.25, 0.3) is 0 Å². The normalized spacial score (nSPS) is 17.4. The molecule has 4 nitrogen and oxygen atoms in total. The Hall–Kier alpha value is -0.820. The molecule has 1 aliphatic heterocycles. The topological polar surface area (TPSA) is 39.7 Å². The first kappa shape index (κ1) is 23.2. The summed E-state index contributed by atoms with van der Waals surface area (Å²) in [7, 11) is 1.86. The number of aryl methyl sites for hydroxylation is 1. The largest absolute Gasteiger partial charge is 0.356 e. The molecule has 5 heteroatoms. The maximum Gasteiger partial charge on any atom is 0.191 e. The van der Waals surface area contributed by atoms with Crippen LogP contribution in [0.5, 0.6) is 0 Å². The number of halogens is 1. The highest BCUT2D eigenvalue weighted by Crippen LogP contribution is 2.16. The molecule has 1 aromatic carbocycles. The van der Waals surface area contributed by atoms with E-state index in [2.05, 4.69) is 64.7 Å². The minimum atomic E-state index is 0. The number of nitrogens with one attached hydrogen (secondary N) is 2. The summed E-state index contributed by atoms with van der Waals surface area (Å²) in [6.07, 6.45) is 6.07. The highest BCUT2D eigenvalue weighted by molar-refractivity contribution is 14.0. The van der Waals surface area contributed by atoms with Gasteiger partial charge in [-0.15, -0.1) is 24.0 Å². The monoisotopic (exact) mass is 472 g/mol. The number of likely N-dealkylation sites (tertiary alicyclic amines) is 1. The zero-order valence-electron chi connectivity index (χ0n) is 16.7. The van der Waals surface area contributed by atoms with Crippen molar-refractivity contribution in [2.75, 3.05) is 33.2 Å². The second kappa shape index (κ2) is 13.4. The number of nitrogens with zero attached hydrogens (tertiary/aromatic N) is 2. The maximum atomic E-state index is 4.40. The van der Waals surface area contributed by atoms with Gasteiger partial charge in [-0.2, -0.15) is 0 Å². The summed E-state index contributed by atoms with van der Waals surface area (Å²) < 4.78 is 0. The molecular weight excluding hydrogens is 435 g/mol. The van der Waals surface area contributed by atoms with Crippen LogP contribution in [0.3, 0.4) is 0 Å². The van der Waals surface area contributed by atoms with E-state index < -0.39 is 0 Å². The van der Waals surface area contributed by atoms with Crippen LogP contribution in [0.2, 0.25) is 0 Å². The summed E-state index contributed by atoms with van der Waals surface area (Å²) in [5.74, 6) is 1.71. The van der Waals surface area contributed by atoms with E-state index in [1.165, 1.54) is 44.5 Å². The summed E-state index contributed by atoms with van der Waals surface area (Å²) in [6, 6.07) is 11.1. The average molecular weight is 472 g/mol. The summed E-state index contributed by atoms with van der Waals surface area (Å²) >= 11 is 0. The SMILES string of the molecule is CCCN1CCC(CNC(=NC)NC(C)CCc2ccccc2)CC1.I. The van der Waals surface area contributed by atoms with Crippen molar-refractivity contribution in [1.29, 1.82) is 0 Å². The van der Waals surface area contributed by atoms with Crippen LogP contribution >= 0.6 is 24.0 Å². The first-order chi connectivity index (χ1) is 12.2. The Bertz CT molecular complexity index is 498. The van der Waals surface area contributed by atoms with E-state index in [0.29, 0.717) is 6.04 Å². The molecule has 0 aliphatic carbocycles. The molecule has 0 spiro atoms. The van der Waals surface area contributed by atoms with Crippen molar-refractivity contribution in [3.8, 4) is 0 Å². The van der Waals surface area contributed by atoms with Gasteiger partial charge in [0, 0.05) is 19.6 Å². The first-order valence-corrected chi connectivity index (χ1v) is 9.94. The third-order valence-electron chi connectivity index (χ3n) is 5.12. The minimum Gasteiger partial charge on any atom is -0.356 e. The van der Waals surface area contributed by atoms with Crippen molar-refractivity contribution in [2.45, 2.75) is 52.0 Å². The maximum absolute atomic E-state index is 4.40. The Kier molecular flexibility index (Phi) is 11.9. The van der Waals surface area contributed by atoms with Gasteiger partial charge in [0.2, 0.25) is 0 Å². The molecule has 0 saturated carbocycles. The number of hydrogen-bond donors (Lipinski definition) is 2. The van der Waals surface area contributed by atoms with E-state index in [1.54, 1.807) is 0 Å². The van der Waals surface area contributed by atoms with Gasteiger partial charge in [-0.3, -0.25) is 4.99 Å². The third kappa shape index (κ3) is 8.71. The smallest absolute Gasteiger partial charge is 0.191 e. The molecule has 2 rings (SSSR count). The van der Waals surface area contributed by atoms with Crippen LogP contribution in [0.4, 0.5) is 0 Å². The lowest BCUT2D eigenvalue weighted by Crippen LogP contribution is -2.45. The Morgan fingerprint density at radius 2 is 1.92 bits per heavy atom. The lowest BCUT2D eigenvalue weighted by molar-refractivity contribution is 0.185. The fourth-order valence-electron chi connectivity index (χ4n) is 3.50. The molecule has 148 valence electrons.